The fourth-order valence-electron chi connectivity index (χ4n) is 5.53. The molecule has 5 heteroatoms. The Morgan fingerprint density at radius 1 is 0.886 bits per heavy atom. The van der Waals surface area contributed by atoms with Crippen LogP contribution in [-0.2, 0) is 9.59 Å². The van der Waals surface area contributed by atoms with Gasteiger partial charge >= 0.3 is 0 Å². The Hall–Kier alpha value is -1.88. The van der Waals surface area contributed by atoms with Gasteiger partial charge < -0.3 is 14.7 Å². The monoisotopic (exact) mass is 483 g/mol. The molecule has 0 aromatic heterocycles. The topological polar surface area (TPSA) is 43.9 Å². The number of carbonyl (C=O) groups excluding carboxylic acids is 2. The smallest absolute Gasteiger partial charge is 0.222 e. The Kier molecular flexibility index (Phi) is 11.1. The first-order valence-corrected chi connectivity index (χ1v) is 14.1. The molecule has 3 heterocycles. The largest absolute Gasteiger partial charge is 0.340 e. The standard InChI is InChI=1S/C12H22N2O.C7H11NO.C7H8.C4H8/c1-13(2)10-5-3-7-12(15)14-8-4-6-11(14)9-10;9-6-8-5-1-2-7(8)3-4-7;1-7-5-3-2-4-6-7;1-2-4-3-1/h10-11H,3-9H2,1-2H3;6H,1-5H2;2-6H,1H3;1-4H2/t10?,11-;;;/m1.../s1. The predicted octanol–water partition coefficient (Wildman–Crippen LogP) is 5.81. The zero-order valence-electron chi connectivity index (χ0n) is 22.6. The molecule has 35 heavy (non-hydrogen) atoms. The summed E-state index contributed by atoms with van der Waals surface area (Å²) in [5.41, 5.74) is 1.70. The number of aryl methyl sites for hydroxylation is 1. The molecule has 1 unspecified atom stereocenters. The minimum Gasteiger partial charge on any atom is -0.340 e. The number of benzene rings is 1. The normalized spacial score (nSPS) is 26.0. The molecule has 2 aliphatic carbocycles. The summed E-state index contributed by atoms with van der Waals surface area (Å²) in [7, 11) is 4.32. The number of carbonyl (C=O) groups is 2. The van der Waals surface area contributed by atoms with E-state index in [1.165, 1.54) is 82.6 Å². The molecule has 0 N–H and O–H groups in total. The molecule has 2 atom stereocenters. The molecule has 6 rings (SSSR count). The predicted molar refractivity (Wildman–Crippen MR) is 144 cm³/mol. The Bertz CT molecular complexity index is 754. The molecule has 3 aliphatic heterocycles. The minimum absolute atomic E-state index is 0.377. The van der Waals surface area contributed by atoms with Crippen molar-refractivity contribution in [2.75, 3.05) is 27.2 Å². The van der Waals surface area contributed by atoms with Crippen molar-refractivity contribution >= 4 is 12.3 Å². The van der Waals surface area contributed by atoms with Crippen LogP contribution in [0.2, 0.25) is 0 Å². The Morgan fingerprint density at radius 3 is 2.06 bits per heavy atom. The van der Waals surface area contributed by atoms with E-state index in [1.54, 1.807) is 0 Å². The van der Waals surface area contributed by atoms with Crippen LogP contribution < -0.4 is 0 Å². The molecular weight excluding hydrogens is 434 g/mol. The highest BCUT2D eigenvalue weighted by molar-refractivity contribution is 5.76. The van der Waals surface area contributed by atoms with E-state index < -0.39 is 0 Å². The third-order valence-corrected chi connectivity index (χ3v) is 8.45. The van der Waals surface area contributed by atoms with Gasteiger partial charge in [-0.25, -0.2) is 0 Å². The Morgan fingerprint density at radius 2 is 1.57 bits per heavy atom. The lowest BCUT2D eigenvalue weighted by atomic mass is 9.96. The second-order valence-corrected chi connectivity index (χ2v) is 11.3. The van der Waals surface area contributed by atoms with Crippen LogP contribution in [0.5, 0.6) is 0 Å². The third-order valence-electron chi connectivity index (χ3n) is 8.45. The van der Waals surface area contributed by atoms with E-state index in [4.69, 9.17) is 0 Å². The number of likely N-dealkylation sites (tertiary alicyclic amines) is 1. The first-order chi connectivity index (χ1) is 16.9. The molecule has 2 saturated carbocycles. The van der Waals surface area contributed by atoms with E-state index >= 15 is 0 Å². The summed E-state index contributed by atoms with van der Waals surface area (Å²) < 4.78 is 0. The maximum atomic E-state index is 11.8. The zero-order valence-corrected chi connectivity index (χ0v) is 22.6. The molecule has 2 amide bonds. The van der Waals surface area contributed by atoms with Crippen LogP contribution in [0.4, 0.5) is 0 Å². The van der Waals surface area contributed by atoms with Gasteiger partial charge in [0.2, 0.25) is 12.3 Å². The second-order valence-electron chi connectivity index (χ2n) is 11.3. The van der Waals surface area contributed by atoms with Crippen molar-refractivity contribution in [3.63, 3.8) is 0 Å². The molecule has 5 fully saturated rings. The van der Waals surface area contributed by atoms with Crippen LogP contribution in [0.1, 0.15) is 95.5 Å². The van der Waals surface area contributed by atoms with Crippen molar-refractivity contribution in [1.82, 2.24) is 14.7 Å². The first-order valence-electron chi connectivity index (χ1n) is 14.1. The van der Waals surface area contributed by atoms with Crippen molar-refractivity contribution in [2.24, 2.45) is 0 Å². The lowest BCUT2D eigenvalue weighted by Gasteiger charge is -2.34. The average molecular weight is 484 g/mol. The molecule has 196 valence electrons. The van der Waals surface area contributed by atoms with E-state index in [0.717, 1.165) is 32.3 Å². The molecule has 1 spiro atoms. The van der Waals surface area contributed by atoms with Gasteiger partial charge in [0.05, 0.1) is 0 Å². The lowest BCUT2D eigenvalue weighted by Crippen LogP contribution is -2.42. The molecule has 5 aliphatic rings. The van der Waals surface area contributed by atoms with Gasteiger partial charge in [-0.15, -0.1) is 0 Å². The summed E-state index contributed by atoms with van der Waals surface area (Å²) in [5, 5.41) is 0. The first kappa shape index (κ1) is 27.7. The van der Waals surface area contributed by atoms with Crippen molar-refractivity contribution in [3.8, 4) is 0 Å². The maximum absolute atomic E-state index is 11.8. The molecule has 1 aromatic rings. The van der Waals surface area contributed by atoms with Crippen LogP contribution in [0.15, 0.2) is 30.3 Å². The minimum atomic E-state index is 0.377. The van der Waals surface area contributed by atoms with Gasteiger partial charge in [0.1, 0.15) is 0 Å². The Labute approximate surface area is 214 Å². The molecule has 1 aromatic carbocycles. The fourth-order valence-corrected chi connectivity index (χ4v) is 5.53. The van der Waals surface area contributed by atoms with Crippen LogP contribution in [0.3, 0.4) is 0 Å². The number of hydrogen-bond donors (Lipinski definition) is 0. The Balaban J connectivity index is 0.000000145. The number of rotatable bonds is 2. The molecular formula is C30H49N3O2. The van der Waals surface area contributed by atoms with Crippen LogP contribution >= 0.6 is 0 Å². The zero-order chi connectivity index (χ0) is 25.1. The number of amides is 2. The van der Waals surface area contributed by atoms with Crippen molar-refractivity contribution in [2.45, 2.75) is 114 Å². The van der Waals surface area contributed by atoms with Crippen molar-refractivity contribution in [1.29, 1.82) is 0 Å². The van der Waals surface area contributed by atoms with E-state index in [1.807, 2.05) is 23.1 Å². The van der Waals surface area contributed by atoms with Gasteiger partial charge in [0.25, 0.3) is 0 Å². The second kappa shape index (κ2) is 14.0. The summed E-state index contributed by atoms with van der Waals surface area (Å²) >= 11 is 0. The highest BCUT2D eigenvalue weighted by atomic mass is 16.2. The maximum Gasteiger partial charge on any atom is 0.222 e. The SMILES string of the molecule is C1CCC1.CN(C)C1CCCC(=O)N2CCC[C@@H]2C1.Cc1ccccc1.O=CN1CCCC12CC2. The summed E-state index contributed by atoms with van der Waals surface area (Å²) in [6.07, 6.45) is 18.6. The van der Waals surface area contributed by atoms with Gasteiger partial charge in [0, 0.05) is 37.1 Å². The summed E-state index contributed by atoms with van der Waals surface area (Å²) in [6, 6.07) is 11.5. The van der Waals surface area contributed by atoms with Crippen LogP contribution in [0, 0.1) is 6.92 Å². The average Bonchev–Trinajstić information content (AvgIpc) is 3.23. The van der Waals surface area contributed by atoms with Gasteiger partial charge in [-0.3, -0.25) is 9.59 Å². The van der Waals surface area contributed by atoms with Crippen molar-refractivity contribution < 1.29 is 9.59 Å². The quantitative estimate of drug-likeness (QED) is 0.499. The van der Waals surface area contributed by atoms with E-state index in [9.17, 15) is 9.59 Å². The number of nitrogens with zero attached hydrogens (tertiary/aromatic N) is 3. The van der Waals surface area contributed by atoms with Gasteiger partial charge in [-0.1, -0.05) is 61.6 Å². The number of fused-ring (bicyclic) bond motifs is 1. The van der Waals surface area contributed by atoms with Crippen LogP contribution in [-0.4, -0.2) is 71.8 Å². The van der Waals surface area contributed by atoms with Gasteiger partial charge in [-0.05, 0) is 78.8 Å². The van der Waals surface area contributed by atoms with E-state index in [-0.39, 0.29) is 0 Å². The third kappa shape index (κ3) is 8.63. The van der Waals surface area contributed by atoms with Crippen molar-refractivity contribution in [3.05, 3.63) is 35.9 Å². The molecule has 0 bridgehead atoms. The van der Waals surface area contributed by atoms with Crippen LogP contribution in [0.25, 0.3) is 0 Å². The highest BCUT2D eigenvalue weighted by Gasteiger charge is 2.50. The summed E-state index contributed by atoms with van der Waals surface area (Å²) in [5.74, 6) is 0.398. The molecule has 0 radical (unpaired) electrons. The summed E-state index contributed by atoms with van der Waals surface area (Å²) in [4.78, 5) is 28.7. The van der Waals surface area contributed by atoms with E-state index in [0.29, 0.717) is 23.5 Å². The molecule has 5 nitrogen and oxygen atoms in total. The van der Waals surface area contributed by atoms with E-state index in [2.05, 4.69) is 43.0 Å². The summed E-state index contributed by atoms with van der Waals surface area (Å²) in [6.45, 7) is 4.09. The highest BCUT2D eigenvalue weighted by Crippen LogP contribution is 2.48. The van der Waals surface area contributed by atoms with Gasteiger partial charge in [0.15, 0.2) is 0 Å². The van der Waals surface area contributed by atoms with Gasteiger partial charge in [-0.2, -0.15) is 0 Å². The fraction of sp³-hybridized carbons (Fsp3) is 0.733. The number of hydrogen-bond acceptors (Lipinski definition) is 3. The molecule has 3 saturated heterocycles. The lowest BCUT2D eigenvalue weighted by molar-refractivity contribution is -0.133.